The summed E-state index contributed by atoms with van der Waals surface area (Å²) in [7, 11) is 1.54. The third-order valence-corrected chi connectivity index (χ3v) is 6.12. The van der Waals surface area contributed by atoms with Gasteiger partial charge in [-0.05, 0) is 42.7 Å². The lowest BCUT2D eigenvalue weighted by molar-refractivity contribution is -0.137. The first kappa shape index (κ1) is 22.4. The molecule has 2 fully saturated rings. The summed E-state index contributed by atoms with van der Waals surface area (Å²) in [4.78, 5) is 16.0. The molecule has 2 heterocycles. The van der Waals surface area contributed by atoms with E-state index in [2.05, 4.69) is 4.90 Å². The fourth-order valence-electron chi connectivity index (χ4n) is 4.33. The normalized spacial score (nSPS) is 21.5. The van der Waals surface area contributed by atoms with Crippen LogP contribution in [0.25, 0.3) is 0 Å². The van der Waals surface area contributed by atoms with Gasteiger partial charge in [-0.25, -0.2) is 4.79 Å². The Balaban J connectivity index is 1.37. The van der Waals surface area contributed by atoms with Gasteiger partial charge in [-0.2, -0.15) is 13.2 Å². The highest BCUT2D eigenvalue weighted by atomic mass is 19.4. The summed E-state index contributed by atoms with van der Waals surface area (Å²) in [5, 5.41) is 11.0. The number of hydrogen-bond acceptors (Lipinski definition) is 5. The van der Waals surface area contributed by atoms with Crippen LogP contribution in [-0.4, -0.2) is 55.5 Å². The van der Waals surface area contributed by atoms with Crippen molar-refractivity contribution in [3.63, 3.8) is 0 Å². The number of benzene rings is 2. The number of anilines is 1. The molecular formula is C23H25F3N2O4. The van der Waals surface area contributed by atoms with Gasteiger partial charge in [0, 0.05) is 19.6 Å². The largest absolute Gasteiger partial charge is 0.495 e. The number of cyclic esters (lactones) is 1. The van der Waals surface area contributed by atoms with Crippen molar-refractivity contribution in [1.82, 2.24) is 4.90 Å². The zero-order chi connectivity index (χ0) is 22.9. The second kappa shape index (κ2) is 8.63. The molecule has 0 saturated carbocycles. The molecule has 2 aromatic carbocycles. The Morgan fingerprint density at radius 3 is 2.56 bits per heavy atom. The summed E-state index contributed by atoms with van der Waals surface area (Å²) in [6.45, 7) is 1.81. The number of hydrogen-bond donors (Lipinski definition) is 1. The molecule has 2 saturated heterocycles. The van der Waals surface area contributed by atoms with Crippen molar-refractivity contribution in [2.45, 2.75) is 30.7 Å². The Kier molecular flexibility index (Phi) is 6.05. The van der Waals surface area contributed by atoms with Crippen LogP contribution in [0.4, 0.5) is 23.7 Å². The predicted octanol–water partition coefficient (Wildman–Crippen LogP) is 4.02. The van der Waals surface area contributed by atoms with E-state index in [1.807, 2.05) is 12.1 Å². The Labute approximate surface area is 184 Å². The molecule has 1 amide bonds. The van der Waals surface area contributed by atoms with Crippen molar-refractivity contribution < 1.29 is 32.5 Å². The third kappa shape index (κ3) is 4.54. The summed E-state index contributed by atoms with van der Waals surface area (Å²) in [5.41, 5.74) is -1.16. The van der Waals surface area contributed by atoms with Gasteiger partial charge in [0.2, 0.25) is 0 Å². The van der Waals surface area contributed by atoms with E-state index in [0.29, 0.717) is 50.5 Å². The Hall–Kier alpha value is -2.78. The molecule has 0 spiro atoms. The van der Waals surface area contributed by atoms with Crippen LogP contribution in [0.15, 0.2) is 48.5 Å². The molecule has 2 aliphatic rings. The van der Waals surface area contributed by atoms with E-state index in [1.165, 1.54) is 24.1 Å². The van der Waals surface area contributed by atoms with Crippen LogP contribution in [-0.2, 0) is 16.5 Å². The minimum absolute atomic E-state index is 0.279. The van der Waals surface area contributed by atoms with Crippen molar-refractivity contribution in [2.24, 2.45) is 0 Å². The van der Waals surface area contributed by atoms with E-state index < -0.39 is 23.4 Å². The monoisotopic (exact) mass is 450 g/mol. The van der Waals surface area contributed by atoms with Crippen molar-refractivity contribution in [3.05, 3.63) is 59.7 Å². The van der Waals surface area contributed by atoms with Gasteiger partial charge in [-0.1, -0.05) is 24.3 Å². The van der Waals surface area contributed by atoms with E-state index >= 15 is 0 Å². The lowest BCUT2D eigenvalue weighted by atomic mass is 9.83. The summed E-state index contributed by atoms with van der Waals surface area (Å²) in [6, 6.07) is 12.1. The number of halogens is 3. The smallest absolute Gasteiger partial charge is 0.416 e. The average Bonchev–Trinajstić information content (AvgIpc) is 3.14. The lowest BCUT2D eigenvalue weighted by Gasteiger charge is -2.39. The number of amides is 1. The van der Waals surface area contributed by atoms with Crippen molar-refractivity contribution in [3.8, 4) is 5.75 Å². The van der Waals surface area contributed by atoms with Gasteiger partial charge in [-0.15, -0.1) is 0 Å². The van der Waals surface area contributed by atoms with Crippen molar-refractivity contribution in [2.75, 3.05) is 38.2 Å². The predicted molar refractivity (Wildman–Crippen MR) is 112 cm³/mol. The molecule has 1 atom stereocenters. The average molecular weight is 450 g/mol. The van der Waals surface area contributed by atoms with Crippen LogP contribution < -0.4 is 9.64 Å². The number of carbonyl (C=O) groups is 1. The van der Waals surface area contributed by atoms with Gasteiger partial charge in [0.1, 0.15) is 11.9 Å². The Bertz CT molecular complexity index is 974. The summed E-state index contributed by atoms with van der Waals surface area (Å²) < 4.78 is 50.0. The first-order chi connectivity index (χ1) is 15.2. The molecule has 4 rings (SSSR count). The first-order valence-electron chi connectivity index (χ1n) is 10.4. The number of para-hydroxylation sites is 2. The molecule has 6 nitrogen and oxygen atoms in total. The Morgan fingerprint density at radius 1 is 1.16 bits per heavy atom. The van der Waals surface area contributed by atoms with E-state index in [0.717, 1.165) is 12.1 Å². The van der Waals surface area contributed by atoms with Crippen LogP contribution >= 0.6 is 0 Å². The van der Waals surface area contributed by atoms with E-state index in [-0.39, 0.29) is 11.7 Å². The highest BCUT2D eigenvalue weighted by Crippen LogP contribution is 2.37. The maximum absolute atomic E-state index is 13.0. The minimum atomic E-state index is -4.45. The SMILES string of the molecule is COc1ccccc1N1CC(CN2CCC(O)(c3cccc(C(F)(F)F)c3)CC2)OC1=O. The van der Waals surface area contributed by atoms with Crippen LogP contribution in [0.5, 0.6) is 5.75 Å². The minimum Gasteiger partial charge on any atom is -0.495 e. The number of methoxy groups -OCH3 is 1. The van der Waals surface area contributed by atoms with Crippen LogP contribution in [0.2, 0.25) is 0 Å². The molecule has 2 aromatic rings. The lowest BCUT2D eigenvalue weighted by Crippen LogP contribution is -2.45. The zero-order valence-electron chi connectivity index (χ0n) is 17.6. The molecule has 0 aromatic heterocycles. The van der Waals surface area contributed by atoms with E-state index in [1.54, 1.807) is 12.1 Å². The summed E-state index contributed by atoms with van der Waals surface area (Å²) in [5.74, 6) is 0.578. The fourth-order valence-corrected chi connectivity index (χ4v) is 4.33. The van der Waals surface area contributed by atoms with Crippen molar-refractivity contribution in [1.29, 1.82) is 0 Å². The molecule has 2 aliphatic heterocycles. The van der Waals surface area contributed by atoms with Crippen LogP contribution in [0, 0.1) is 0 Å². The standard InChI is InChI=1S/C23H25F3N2O4/c1-31-20-8-3-2-7-19(20)28-15-18(32-21(28)29)14-27-11-9-22(30,10-12-27)16-5-4-6-17(13-16)23(24,25)26/h2-8,13,18,30H,9-12,14-15H2,1H3. The van der Waals surface area contributed by atoms with Gasteiger partial charge in [0.25, 0.3) is 0 Å². The van der Waals surface area contributed by atoms with Crippen molar-refractivity contribution >= 4 is 11.8 Å². The fraction of sp³-hybridized carbons (Fsp3) is 0.435. The molecule has 0 radical (unpaired) electrons. The highest BCUT2D eigenvalue weighted by molar-refractivity contribution is 5.91. The summed E-state index contributed by atoms with van der Waals surface area (Å²) >= 11 is 0. The summed E-state index contributed by atoms with van der Waals surface area (Å²) in [6.07, 6.45) is -4.66. The topological polar surface area (TPSA) is 62.2 Å². The first-order valence-corrected chi connectivity index (χ1v) is 10.4. The molecule has 0 aliphatic carbocycles. The molecule has 32 heavy (non-hydrogen) atoms. The van der Waals surface area contributed by atoms with Gasteiger partial charge < -0.3 is 14.6 Å². The number of alkyl halides is 3. The number of aliphatic hydroxyl groups is 1. The number of nitrogens with zero attached hydrogens (tertiary/aromatic N) is 2. The van der Waals surface area contributed by atoms with Crippen LogP contribution in [0.3, 0.4) is 0 Å². The van der Waals surface area contributed by atoms with Gasteiger partial charge in [0.15, 0.2) is 0 Å². The number of rotatable bonds is 5. The number of piperidine rings is 1. The maximum Gasteiger partial charge on any atom is 0.416 e. The molecule has 1 N–H and O–H groups in total. The number of carbonyl (C=O) groups excluding carboxylic acids is 1. The molecular weight excluding hydrogens is 425 g/mol. The number of ether oxygens (including phenoxy) is 2. The van der Waals surface area contributed by atoms with Gasteiger partial charge in [0.05, 0.1) is 30.5 Å². The molecule has 9 heteroatoms. The second-order valence-electron chi connectivity index (χ2n) is 8.20. The number of likely N-dealkylation sites (tertiary alicyclic amines) is 1. The van der Waals surface area contributed by atoms with Gasteiger partial charge >= 0.3 is 12.3 Å². The highest BCUT2D eigenvalue weighted by Gasteiger charge is 2.39. The quantitative estimate of drug-likeness (QED) is 0.746. The molecule has 0 bridgehead atoms. The molecule has 172 valence electrons. The van der Waals surface area contributed by atoms with E-state index in [4.69, 9.17) is 9.47 Å². The Morgan fingerprint density at radius 2 is 1.88 bits per heavy atom. The van der Waals surface area contributed by atoms with Crippen LogP contribution in [0.1, 0.15) is 24.0 Å². The van der Waals surface area contributed by atoms with E-state index in [9.17, 15) is 23.1 Å². The second-order valence-corrected chi connectivity index (χ2v) is 8.20. The maximum atomic E-state index is 13.0. The zero-order valence-corrected chi connectivity index (χ0v) is 17.6. The van der Waals surface area contributed by atoms with Gasteiger partial charge in [-0.3, -0.25) is 9.80 Å². The molecule has 1 unspecified atom stereocenters. The third-order valence-electron chi connectivity index (χ3n) is 6.12.